The van der Waals surface area contributed by atoms with E-state index in [1.54, 1.807) is 12.1 Å². The third-order valence-corrected chi connectivity index (χ3v) is 3.95. The summed E-state index contributed by atoms with van der Waals surface area (Å²) >= 11 is 0. The molecule has 1 aliphatic rings. The van der Waals surface area contributed by atoms with Gasteiger partial charge in [0.2, 0.25) is 5.91 Å². The van der Waals surface area contributed by atoms with Crippen molar-refractivity contribution < 1.29 is 19.3 Å². The zero-order chi connectivity index (χ0) is 18.1. The fraction of sp³-hybridized carbons (Fsp3) is 0.118. The number of nitrogens with one attached hydrogen (secondary N) is 1. The maximum Gasteiger partial charge on any atom is 0.292 e. The molecule has 0 aromatic heterocycles. The molecule has 3 amide bonds. The Morgan fingerprint density at radius 3 is 2.12 bits per heavy atom. The van der Waals surface area contributed by atoms with Crippen LogP contribution in [0.4, 0.5) is 11.4 Å². The van der Waals surface area contributed by atoms with Crippen LogP contribution in [0.5, 0.6) is 0 Å². The minimum absolute atomic E-state index is 0.000888. The van der Waals surface area contributed by atoms with Gasteiger partial charge >= 0.3 is 0 Å². The smallest absolute Gasteiger partial charge is 0.292 e. The zero-order valence-corrected chi connectivity index (χ0v) is 13.1. The summed E-state index contributed by atoms with van der Waals surface area (Å²) in [6.07, 6.45) is 0. The normalized spacial score (nSPS) is 14.2. The Kier molecular flexibility index (Phi) is 4.02. The molecule has 8 heteroatoms. The van der Waals surface area contributed by atoms with Crippen LogP contribution in [0, 0.1) is 10.1 Å². The van der Waals surface area contributed by atoms with Crippen LogP contribution in [-0.2, 0) is 4.79 Å². The zero-order valence-electron chi connectivity index (χ0n) is 13.1. The van der Waals surface area contributed by atoms with Crippen LogP contribution in [0.25, 0.3) is 0 Å². The molecule has 1 atom stereocenters. The van der Waals surface area contributed by atoms with Gasteiger partial charge in [0.15, 0.2) is 0 Å². The largest absolute Gasteiger partial charge is 0.319 e. The van der Waals surface area contributed by atoms with E-state index >= 15 is 0 Å². The maximum atomic E-state index is 12.4. The van der Waals surface area contributed by atoms with E-state index in [9.17, 15) is 24.5 Å². The van der Waals surface area contributed by atoms with Crippen molar-refractivity contribution in [2.24, 2.45) is 0 Å². The Morgan fingerprint density at radius 2 is 1.56 bits per heavy atom. The third kappa shape index (κ3) is 2.74. The van der Waals surface area contributed by atoms with Crippen molar-refractivity contribution in [3.8, 4) is 0 Å². The first-order chi connectivity index (χ1) is 11.9. The van der Waals surface area contributed by atoms with E-state index < -0.39 is 28.7 Å². The van der Waals surface area contributed by atoms with Gasteiger partial charge in [-0.25, -0.2) is 0 Å². The number of amides is 3. The Morgan fingerprint density at radius 1 is 1.04 bits per heavy atom. The summed E-state index contributed by atoms with van der Waals surface area (Å²) in [5.74, 6) is -1.82. The first-order valence-electron chi connectivity index (χ1n) is 7.43. The lowest BCUT2D eigenvalue weighted by Crippen LogP contribution is -2.45. The number of hydrogen-bond acceptors (Lipinski definition) is 5. The summed E-state index contributed by atoms with van der Waals surface area (Å²) in [7, 11) is 0. The molecule has 2 aromatic rings. The van der Waals surface area contributed by atoms with E-state index in [4.69, 9.17) is 0 Å². The molecule has 1 aliphatic heterocycles. The Balaban J connectivity index is 1.84. The van der Waals surface area contributed by atoms with Crippen molar-refractivity contribution in [1.82, 2.24) is 4.90 Å². The number of carbonyl (C=O) groups is 3. The fourth-order valence-electron chi connectivity index (χ4n) is 2.65. The quantitative estimate of drug-likeness (QED) is 0.522. The van der Waals surface area contributed by atoms with Gasteiger partial charge in [-0.3, -0.25) is 29.4 Å². The Bertz CT molecular complexity index is 874. The van der Waals surface area contributed by atoms with E-state index in [1.807, 2.05) is 0 Å². The molecule has 126 valence electrons. The molecule has 1 N–H and O–H groups in total. The highest BCUT2D eigenvalue weighted by Gasteiger charge is 2.40. The average molecular weight is 339 g/mol. The molecule has 0 unspecified atom stereocenters. The topological polar surface area (TPSA) is 110 Å². The number of benzene rings is 2. The van der Waals surface area contributed by atoms with Crippen LogP contribution in [0.3, 0.4) is 0 Å². The number of imide groups is 1. The van der Waals surface area contributed by atoms with Gasteiger partial charge in [-0.15, -0.1) is 0 Å². The van der Waals surface area contributed by atoms with Gasteiger partial charge in [0.1, 0.15) is 11.7 Å². The monoisotopic (exact) mass is 339 g/mol. The predicted molar refractivity (Wildman–Crippen MR) is 88.1 cm³/mol. The molecule has 0 aliphatic carbocycles. The highest BCUT2D eigenvalue weighted by Crippen LogP contribution is 2.27. The molecule has 0 bridgehead atoms. The summed E-state index contributed by atoms with van der Waals surface area (Å²) in [5.41, 5.74) is 0.196. The molecular weight excluding hydrogens is 326 g/mol. The first kappa shape index (κ1) is 16.3. The van der Waals surface area contributed by atoms with Gasteiger partial charge in [0, 0.05) is 6.07 Å². The number of fused-ring (bicyclic) bond motifs is 1. The number of nitrogens with zero attached hydrogens (tertiary/aromatic N) is 2. The van der Waals surface area contributed by atoms with Crippen molar-refractivity contribution >= 4 is 29.1 Å². The molecule has 0 fully saturated rings. The average Bonchev–Trinajstić information content (AvgIpc) is 2.86. The second-order valence-electron chi connectivity index (χ2n) is 5.47. The molecule has 8 nitrogen and oxygen atoms in total. The number of para-hydroxylation sites is 2. The van der Waals surface area contributed by atoms with Gasteiger partial charge < -0.3 is 5.32 Å². The molecule has 0 spiro atoms. The number of anilines is 1. The fourth-order valence-corrected chi connectivity index (χ4v) is 2.65. The van der Waals surface area contributed by atoms with Crippen molar-refractivity contribution in [2.45, 2.75) is 13.0 Å². The number of rotatable bonds is 4. The third-order valence-electron chi connectivity index (χ3n) is 3.95. The first-order valence-corrected chi connectivity index (χ1v) is 7.43. The molecule has 25 heavy (non-hydrogen) atoms. The van der Waals surface area contributed by atoms with Crippen LogP contribution < -0.4 is 5.32 Å². The highest BCUT2D eigenvalue weighted by atomic mass is 16.6. The summed E-state index contributed by atoms with van der Waals surface area (Å²) in [5, 5.41) is 13.4. The van der Waals surface area contributed by atoms with E-state index in [0.29, 0.717) is 0 Å². The number of hydrogen-bond donors (Lipinski definition) is 1. The minimum Gasteiger partial charge on any atom is -0.319 e. The van der Waals surface area contributed by atoms with Crippen LogP contribution in [0.1, 0.15) is 27.6 Å². The van der Waals surface area contributed by atoms with Crippen LogP contribution in [0.15, 0.2) is 48.5 Å². The minimum atomic E-state index is -1.12. The second-order valence-corrected chi connectivity index (χ2v) is 5.47. The van der Waals surface area contributed by atoms with Gasteiger partial charge in [0.25, 0.3) is 17.5 Å². The lowest BCUT2D eigenvalue weighted by Gasteiger charge is -2.21. The highest BCUT2D eigenvalue weighted by molar-refractivity contribution is 6.23. The molecular formula is C17H13N3O5. The van der Waals surface area contributed by atoms with Crippen LogP contribution in [0.2, 0.25) is 0 Å². The molecule has 0 radical (unpaired) electrons. The summed E-state index contributed by atoms with van der Waals surface area (Å²) < 4.78 is 0. The number of carbonyl (C=O) groups excluding carboxylic acids is 3. The summed E-state index contributed by atoms with van der Waals surface area (Å²) in [6, 6.07) is 10.8. The van der Waals surface area contributed by atoms with Crippen LogP contribution >= 0.6 is 0 Å². The molecule has 0 saturated heterocycles. The Labute approximate surface area is 142 Å². The van der Waals surface area contributed by atoms with Crippen molar-refractivity contribution in [1.29, 1.82) is 0 Å². The summed E-state index contributed by atoms with van der Waals surface area (Å²) in [4.78, 5) is 48.5. The van der Waals surface area contributed by atoms with Gasteiger partial charge in [-0.05, 0) is 25.1 Å². The van der Waals surface area contributed by atoms with Crippen LogP contribution in [-0.4, -0.2) is 33.6 Å². The molecule has 3 rings (SSSR count). The maximum absolute atomic E-state index is 12.4. The number of nitro benzene ring substituents is 1. The Hall–Kier alpha value is -3.55. The SMILES string of the molecule is C[C@@H](C(=O)Nc1ccccc1[N+](=O)[O-])N1C(=O)c2ccccc2C1=O. The predicted octanol–water partition coefficient (Wildman–Crippen LogP) is 2.22. The van der Waals surface area contributed by atoms with Gasteiger partial charge in [-0.1, -0.05) is 24.3 Å². The van der Waals surface area contributed by atoms with Gasteiger partial charge in [0.05, 0.1) is 16.1 Å². The van der Waals surface area contributed by atoms with Crippen molar-refractivity contribution in [3.05, 3.63) is 69.8 Å². The second kappa shape index (κ2) is 6.16. The van der Waals surface area contributed by atoms with Crippen molar-refractivity contribution in [2.75, 3.05) is 5.32 Å². The van der Waals surface area contributed by atoms with E-state index in [-0.39, 0.29) is 22.5 Å². The number of nitro groups is 1. The molecule has 1 heterocycles. The van der Waals surface area contributed by atoms with E-state index in [2.05, 4.69) is 5.32 Å². The van der Waals surface area contributed by atoms with E-state index in [0.717, 1.165) is 4.90 Å². The van der Waals surface area contributed by atoms with E-state index in [1.165, 1.54) is 43.3 Å². The van der Waals surface area contributed by atoms with Gasteiger partial charge in [-0.2, -0.15) is 0 Å². The summed E-state index contributed by atoms with van der Waals surface area (Å²) in [6.45, 7) is 1.39. The van der Waals surface area contributed by atoms with Crippen molar-refractivity contribution in [3.63, 3.8) is 0 Å². The molecule has 2 aromatic carbocycles. The standard InChI is InChI=1S/C17H13N3O5/c1-10(15(21)18-13-8-4-5-9-14(13)20(24)25)19-16(22)11-6-2-3-7-12(11)17(19)23/h2-10H,1H3,(H,18,21)/t10-/m0/s1. The lowest BCUT2D eigenvalue weighted by atomic mass is 10.1. The lowest BCUT2D eigenvalue weighted by molar-refractivity contribution is -0.383. The molecule has 0 saturated carbocycles.